The van der Waals surface area contributed by atoms with Gasteiger partial charge in [0.1, 0.15) is 0 Å². The summed E-state index contributed by atoms with van der Waals surface area (Å²) >= 11 is 0. The summed E-state index contributed by atoms with van der Waals surface area (Å²) in [6.07, 6.45) is -3.60. The van der Waals surface area contributed by atoms with Crippen LogP contribution in [0.5, 0.6) is 0 Å². The fraction of sp³-hybridized carbons (Fsp3) is 0. The third-order valence-corrected chi connectivity index (χ3v) is 0.143. The molecule has 0 radical (unpaired) electrons. The topological polar surface area (TPSA) is 139 Å². The van der Waals surface area contributed by atoms with E-state index in [1.807, 2.05) is 0 Å². The number of hydrogen-bond acceptors (Lipinski definition) is 6. The van der Waals surface area contributed by atoms with Crippen LogP contribution < -0.4 is 10.5 Å². The predicted octanol–water partition coefficient (Wildman–Crippen LogP) is -2.09. The molecule has 0 fully saturated rings. The summed E-state index contributed by atoms with van der Waals surface area (Å²) < 4.78 is 0. The normalized spacial score (nSPS) is 6.00. The third-order valence-electron chi connectivity index (χ3n) is 0.143. The van der Waals surface area contributed by atoms with Gasteiger partial charge in [-0.2, -0.15) is 0 Å². The molecule has 0 atom stereocenters. The minimum Gasteiger partial charge on any atom is -0.659 e. The molecular formula is C2H2FeO8. The molecule has 0 aromatic rings. The molecular weight excluding hydrogens is 208 g/mol. The first kappa shape index (κ1) is 16.5. The summed E-state index contributed by atoms with van der Waals surface area (Å²) in [6.45, 7) is 0. The Hall–Kier alpha value is -1.02. The van der Waals surface area contributed by atoms with E-state index in [4.69, 9.17) is 30.3 Å². The molecule has 0 aromatic carbocycles. The van der Waals surface area contributed by atoms with Crippen LogP contribution in [0.3, 0.4) is 0 Å². The molecule has 0 aliphatic heterocycles. The van der Waals surface area contributed by atoms with Crippen LogP contribution in [0, 0.1) is 0 Å². The van der Waals surface area contributed by atoms with Gasteiger partial charge in [-0.15, -0.1) is 0 Å². The molecule has 66 valence electrons. The monoisotopic (exact) mass is 210 g/mol. The largest absolute Gasteiger partial charge is 2.00 e. The van der Waals surface area contributed by atoms with Crippen LogP contribution in [-0.4, -0.2) is 22.5 Å². The minimum atomic E-state index is -1.80. The summed E-state index contributed by atoms with van der Waals surface area (Å²) in [6, 6.07) is 0. The number of rotatable bonds is 0. The Kier molecular flexibility index (Phi) is 17.6. The zero-order valence-electron chi connectivity index (χ0n) is 4.70. The molecule has 9 heteroatoms. The van der Waals surface area contributed by atoms with E-state index in [1.54, 1.807) is 0 Å². The first-order valence-electron chi connectivity index (χ1n) is 1.60. The van der Waals surface area contributed by atoms with Crippen molar-refractivity contribution < 1.29 is 57.2 Å². The van der Waals surface area contributed by atoms with Gasteiger partial charge in [-0.05, 0) is 0 Å². The van der Waals surface area contributed by atoms with Gasteiger partial charge >= 0.3 is 29.4 Å². The van der Waals surface area contributed by atoms with Crippen LogP contribution in [0.2, 0.25) is 0 Å². The van der Waals surface area contributed by atoms with Crippen LogP contribution >= 0.6 is 0 Å². The van der Waals surface area contributed by atoms with Crippen LogP contribution in [0.4, 0.5) is 9.59 Å². The molecule has 8 nitrogen and oxygen atoms in total. The van der Waals surface area contributed by atoms with Crippen molar-refractivity contribution in [1.29, 1.82) is 0 Å². The molecule has 0 aliphatic carbocycles. The maximum Gasteiger partial charge on any atom is 2.00 e. The van der Waals surface area contributed by atoms with Gasteiger partial charge in [0.25, 0.3) is 0 Å². The van der Waals surface area contributed by atoms with Crippen LogP contribution in [-0.2, 0) is 26.8 Å². The van der Waals surface area contributed by atoms with Gasteiger partial charge in [0.2, 0.25) is 0 Å². The molecule has 0 saturated heterocycles. The van der Waals surface area contributed by atoms with Gasteiger partial charge < -0.3 is 30.5 Å². The molecule has 0 rings (SSSR count). The van der Waals surface area contributed by atoms with Crippen LogP contribution in [0.25, 0.3) is 0 Å². The van der Waals surface area contributed by atoms with Gasteiger partial charge in [-0.25, -0.2) is 9.59 Å². The smallest absolute Gasteiger partial charge is 0.659 e. The number of carbonyl (C=O) groups is 2. The fourth-order valence-corrected chi connectivity index (χ4v) is 0. The molecule has 0 heterocycles. The van der Waals surface area contributed by atoms with Crippen molar-refractivity contribution in [3.8, 4) is 0 Å². The Labute approximate surface area is 70.3 Å². The minimum absolute atomic E-state index is 0. The predicted molar refractivity (Wildman–Crippen MR) is 18.2 cm³/mol. The van der Waals surface area contributed by atoms with Crippen LogP contribution in [0.15, 0.2) is 0 Å². The summed E-state index contributed by atoms with van der Waals surface area (Å²) in [4.78, 5) is 22.5. The summed E-state index contributed by atoms with van der Waals surface area (Å²) in [5.74, 6) is 0. The van der Waals surface area contributed by atoms with E-state index in [0.717, 1.165) is 0 Å². The molecule has 0 aromatic heterocycles. The van der Waals surface area contributed by atoms with Gasteiger partial charge in [0, 0.05) is 0 Å². The van der Waals surface area contributed by atoms with E-state index >= 15 is 0 Å². The third kappa shape index (κ3) is 49.3. The fourth-order valence-electron chi connectivity index (χ4n) is 0. The molecule has 0 saturated carbocycles. The average Bonchev–Trinajstić information content (AvgIpc) is 1.89. The van der Waals surface area contributed by atoms with E-state index in [-0.39, 0.29) is 17.1 Å². The first-order valence-corrected chi connectivity index (χ1v) is 1.60. The zero-order valence-corrected chi connectivity index (χ0v) is 5.80. The molecule has 0 spiro atoms. The van der Waals surface area contributed by atoms with Crippen molar-refractivity contribution in [2.45, 2.75) is 0 Å². The van der Waals surface area contributed by atoms with E-state index in [0.29, 0.717) is 0 Å². The Morgan fingerprint density at radius 1 is 1.00 bits per heavy atom. The molecule has 2 N–H and O–H groups in total. The molecule has 0 unspecified atom stereocenters. The van der Waals surface area contributed by atoms with Crippen molar-refractivity contribution in [2.24, 2.45) is 0 Å². The molecule has 0 aliphatic rings. The zero-order chi connectivity index (χ0) is 8.57. The number of carboxylic acid groups (broad SMARTS) is 2. The van der Waals surface area contributed by atoms with E-state index in [1.165, 1.54) is 0 Å². The van der Waals surface area contributed by atoms with Gasteiger partial charge in [-0.3, -0.25) is 0 Å². The molecule has 0 bridgehead atoms. The second kappa shape index (κ2) is 11.7. The van der Waals surface area contributed by atoms with E-state index < -0.39 is 12.3 Å². The van der Waals surface area contributed by atoms with Crippen molar-refractivity contribution >= 4 is 12.3 Å². The van der Waals surface area contributed by atoms with Gasteiger partial charge in [0.05, 0.1) is 0 Å². The standard InChI is InChI=1S/2CH2O4.Fe/c2*2-1(3)5-4;/h2*4H,(H,2,3);/q;;+2/p-2. The SMILES string of the molecule is O=C(O)O[O-].O=C(O)O[O-].[Fe+2]. The Morgan fingerprint density at radius 3 is 1.09 bits per heavy atom. The van der Waals surface area contributed by atoms with Crippen molar-refractivity contribution in [2.75, 3.05) is 0 Å². The Bertz CT molecular complexity index is 96.7. The second-order valence-corrected chi connectivity index (χ2v) is 0.698. The summed E-state index contributed by atoms with van der Waals surface area (Å²) in [5, 5.41) is 31.4. The molecule has 11 heavy (non-hydrogen) atoms. The average molecular weight is 210 g/mol. The first-order chi connectivity index (χ1) is 4.54. The van der Waals surface area contributed by atoms with Crippen molar-refractivity contribution in [1.82, 2.24) is 0 Å². The summed E-state index contributed by atoms with van der Waals surface area (Å²) in [5.41, 5.74) is 0. The molecule has 0 amide bonds. The second-order valence-electron chi connectivity index (χ2n) is 0.698. The van der Waals surface area contributed by atoms with Gasteiger partial charge in [0.15, 0.2) is 0 Å². The van der Waals surface area contributed by atoms with Gasteiger partial charge in [-0.1, -0.05) is 0 Å². The van der Waals surface area contributed by atoms with E-state index in [9.17, 15) is 0 Å². The quantitative estimate of drug-likeness (QED) is 0.263. The Morgan fingerprint density at radius 2 is 1.09 bits per heavy atom. The summed E-state index contributed by atoms with van der Waals surface area (Å²) in [7, 11) is 0. The van der Waals surface area contributed by atoms with Crippen molar-refractivity contribution in [3.05, 3.63) is 0 Å². The van der Waals surface area contributed by atoms with Crippen molar-refractivity contribution in [3.63, 3.8) is 0 Å². The Balaban J connectivity index is -0.000000107. The van der Waals surface area contributed by atoms with Crippen LogP contribution in [0.1, 0.15) is 0 Å². The maximum absolute atomic E-state index is 8.83. The van der Waals surface area contributed by atoms with E-state index in [2.05, 4.69) is 9.78 Å². The number of hydrogen-bond donors (Lipinski definition) is 2. The maximum atomic E-state index is 8.83.